The highest BCUT2D eigenvalue weighted by Crippen LogP contribution is 2.19. The van der Waals surface area contributed by atoms with E-state index in [2.05, 4.69) is 34.0 Å². The van der Waals surface area contributed by atoms with Crippen molar-refractivity contribution >= 4 is 11.6 Å². The fourth-order valence-electron chi connectivity index (χ4n) is 2.09. The van der Waals surface area contributed by atoms with E-state index in [0.29, 0.717) is 0 Å². The molecular weight excluding hydrogens is 264 g/mol. The molecule has 0 saturated carbocycles. The molecule has 5 nitrogen and oxygen atoms in total. The van der Waals surface area contributed by atoms with Crippen LogP contribution < -0.4 is 10.2 Å². The Kier molecular flexibility index (Phi) is 5.20. The van der Waals surface area contributed by atoms with E-state index >= 15 is 0 Å². The second-order valence-electron chi connectivity index (χ2n) is 5.17. The molecule has 0 saturated heterocycles. The SMILES string of the molecule is CCCNc1cc(N(C)Cc2ccoc2C)nc(CC)n1. The molecule has 21 heavy (non-hydrogen) atoms. The number of hydrogen-bond donors (Lipinski definition) is 1. The lowest BCUT2D eigenvalue weighted by molar-refractivity contribution is 0.529. The van der Waals surface area contributed by atoms with E-state index in [1.807, 2.05) is 26.1 Å². The zero-order chi connectivity index (χ0) is 15.2. The molecule has 2 heterocycles. The van der Waals surface area contributed by atoms with Gasteiger partial charge in [0.25, 0.3) is 0 Å². The highest BCUT2D eigenvalue weighted by Gasteiger charge is 2.10. The Bertz CT molecular complexity index is 579. The van der Waals surface area contributed by atoms with Gasteiger partial charge in [-0.2, -0.15) is 0 Å². The van der Waals surface area contributed by atoms with Gasteiger partial charge in [-0.3, -0.25) is 0 Å². The largest absolute Gasteiger partial charge is 0.469 e. The van der Waals surface area contributed by atoms with Gasteiger partial charge in [-0.25, -0.2) is 9.97 Å². The number of aromatic nitrogens is 2. The maximum atomic E-state index is 5.35. The number of nitrogens with zero attached hydrogens (tertiary/aromatic N) is 3. The van der Waals surface area contributed by atoms with Gasteiger partial charge in [-0.1, -0.05) is 13.8 Å². The van der Waals surface area contributed by atoms with E-state index in [0.717, 1.165) is 49.2 Å². The molecule has 5 heteroatoms. The molecule has 0 fully saturated rings. The fraction of sp³-hybridized carbons (Fsp3) is 0.500. The predicted octanol–water partition coefficient (Wildman–Crippen LogP) is 3.40. The zero-order valence-corrected chi connectivity index (χ0v) is 13.3. The molecule has 0 amide bonds. The van der Waals surface area contributed by atoms with Crippen LogP contribution in [0.2, 0.25) is 0 Å². The molecule has 0 spiro atoms. The first-order chi connectivity index (χ1) is 10.1. The Balaban J connectivity index is 2.18. The lowest BCUT2D eigenvalue weighted by atomic mass is 10.2. The summed E-state index contributed by atoms with van der Waals surface area (Å²) in [6.45, 7) is 7.89. The average Bonchev–Trinajstić information content (AvgIpc) is 2.90. The number of nitrogens with one attached hydrogen (secondary N) is 1. The van der Waals surface area contributed by atoms with Crippen LogP contribution in [0.1, 0.15) is 37.4 Å². The molecule has 1 N–H and O–H groups in total. The summed E-state index contributed by atoms with van der Waals surface area (Å²) in [5.74, 6) is 3.65. The zero-order valence-electron chi connectivity index (χ0n) is 13.3. The Morgan fingerprint density at radius 1 is 1.29 bits per heavy atom. The summed E-state index contributed by atoms with van der Waals surface area (Å²) in [5, 5.41) is 3.34. The van der Waals surface area contributed by atoms with Crippen LogP contribution in [0.15, 0.2) is 22.8 Å². The Morgan fingerprint density at radius 3 is 2.71 bits per heavy atom. The highest BCUT2D eigenvalue weighted by atomic mass is 16.3. The van der Waals surface area contributed by atoms with Gasteiger partial charge in [0, 0.05) is 38.2 Å². The summed E-state index contributed by atoms with van der Waals surface area (Å²) >= 11 is 0. The van der Waals surface area contributed by atoms with Crippen LogP contribution in [0.3, 0.4) is 0 Å². The molecule has 2 aromatic heterocycles. The molecule has 0 bridgehead atoms. The van der Waals surface area contributed by atoms with Gasteiger partial charge in [-0.15, -0.1) is 0 Å². The smallest absolute Gasteiger partial charge is 0.134 e. The van der Waals surface area contributed by atoms with E-state index in [4.69, 9.17) is 4.42 Å². The maximum absolute atomic E-state index is 5.35. The number of furan rings is 1. The summed E-state index contributed by atoms with van der Waals surface area (Å²) in [6.07, 6.45) is 3.63. The third-order valence-electron chi connectivity index (χ3n) is 3.40. The maximum Gasteiger partial charge on any atom is 0.134 e. The minimum Gasteiger partial charge on any atom is -0.469 e. The molecule has 2 aromatic rings. The van der Waals surface area contributed by atoms with Crippen molar-refractivity contribution in [2.75, 3.05) is 23.8 Å². The minimum atomic E-state index is 0.774. The second-order valence-corrected chi connectivity index (χ2v) is 5.17. The van der Waals surface area contributed by atoms with Crippen molar-refractivity contribution in [3.05, 3.63) is 35.5 Å². The second kappa shape index (κ2) is 7.11. The molecule has 0 aliphatic heterocycles. The van der Waals surface area contributed by atoms with Crippen molar-refractivity contribution in [2.45, 2.75) is 40.2 Å². The van der Waals surface area contributed by atoms with Crippen molar-refractivity contribution in [2.24, 2.45) is 0 Å². The average molecular weight is 288 g/mol. The number of hydrogen-bond acceptors (Lipinski definition) is 5. The van der Waals surface area contributed by atoms with Crippen molar-refractivity contribution < 1.29 is 4.42 Å². The van der Waals surface area contributed by atoms with E-state index < -0.39 is 0 Å². The first-order valence-corrected chi connectivity index (χ1v) is 7.50. The lowest BCUT2D eigenvalue weighted by Gasteiger charge is -2.19. The van der Waals surface area contributed by atoms with Crippen LogP contribution in [-0.4, -0.2) is 23.6 Å². The van der Waals surface area contributed by atoms with Gasteiger partial charge in [0.1, 0.15) is 23.2 Å². The monoisotopic (exact) mass is 288 g/mol. The summed E-state index contributed by atoms with van der Waals surface area (Å²) in [4.78, 5) is 11.3. The molecule has 2 rings (SSSR count). The van der Waals surface area contributed by atoms with Crippen molar-refractivity contribution in [1.29, 1.82) is 0 Å². The molecule has 0 unspecified atom stereocenters. The van der Waals surface area contributed by atoms with Gasteiger partial charge < -0.3 is 14.6 Å². The van der Waals surface area contributed by atoms with Crippen LogP contribution in [0.25, 0.3) is 0 Å². The molecule has 0 atom stereocenters. The molecule has 0 aromatic carbocycles. The van der Waals surface area contributed by atoms with Crippen LogP contribution in [-0.2, 0) is 13.0 Å². The van der Waals surface area contributed by atoms with Gasteiger partial charge >= 0.3 is 0 Å². The minimum absolute atomic E-state index is 0.774. The quantitative estimate of drug-likeness (QED) is 0.846. The third-order valence-corrected chi connectivity index (χ3v) is 3.40. The summed E-state index contributed by atoms with van der Waals surface area (Å²) in [7, 11) is 2.04. The summed E-state index contributed by atoms with van der Waals surface area (Å²) < 4.78 is 5.35. The first-order valence-electron chi connectivity index (χ1n) is 7.50. The molecule has 114 valence electrons. The Hall–Kier alpha value is -2.04. The first kappa shape index (κ1) is 15.4. The Morgan fingerprint density at radius 2 is 2.10 bits per heavy atom. The van der Waals surface area contributed by atoms with Crippen molar-refractivity contribution in [1.82, 2.24) is 9.97 Å². The molecule has 0 aliphatic rings. The predicted molar refractivity (Wildman–Crippen MR) is 85.7 cm³/mol. The van der Waals surface area contributed by atoms with Gasteiger partial charge in [0.15, 0.2) is 0 Å². The normalized spacial score (nSPS) is 10.7. The summed E-state index contributed by atoms with van der Waals surface area (Å²) in [6, 6.07) is 4.01. The van der Waals surface area contributed by atoms with Crippen molar-refractivity contribution in [3.63, 3.8) is 0 Å². The van der Waals surface area contributed by atoms with Gasteiger partial charge in [0.05, 0.1) is 6.26 Å². The van der Waals surface area contributed by atoms with E-state index in [9.17, 15) is 0 Å². The van der Waals surface area contributed by atoms with Gasteiger partial charge in [-0.05, 0) is 19.4 Å². The highest BCUT2D eigenvalue weighted by molar-refractivity contribution is 5.49. The van der Waals surface area contributed by atoms with Crippen LogP contribution >= 0.6 is 0 Å². The van der Waals surface area contributed by atoms with Gasteiger partial charge in [0.2, 0.25) is 0 Å². The van der Waals surface area contributed by atoms with Crippen molar-refractivity contribution in [3.8, 4) is 0 Å². The van der Waals surface area contributed by atoms with Crippen LogP contribution in [0, 0.1) is 6.92 Å². The standard InChI is InChI=1S/C16H24N4O/c1-5-8-17-15-10-16(19-14(6-2)18-15)20(4)11-13-7-9-21-12(13)3/h7,9-10H,5-6,8,11H2,1-4H3,(H,17,18,19). The fourth-order valence-corrected chi connectivity index (χ4v) is 2.09. The van der Waals surface area contributed by atoms with E-state index in [-0.39, 0.29) is 0 Å². The van der Waals surface area contributed by atoms with Crippen LogP contribution in [0.4, 0.5) is 11.6 Å². The van der Waals surface area contributed by atoms with Crippen LogP contribution in [0.5, 0.6) is 0 Å². The molecular formula is C16H24N4O. The molecule has 0 aliphatic carbocycles. The van der Waals surface area contributed by atoms with E-state index in [1.54, 1.807) is 6.26 Å². The third kappa shape index (κ3) is 3.97. The molecule has 0 radical (unpaired) electrons. The number of rotatable bonds is 7. The van der Waals surface area contributed by atoms with E-state index in [1.165, 1.54) is 5.56 Å². The number of aryl methyl sites for hydroxylation is 2. The Labute approximate surface area is 126 Å². The number of anilines is 2. The lowest BCUT2D eigenvalue weighted by Crippen LogP contribution is -2.19. The topological polar surface area (TPSA) is 54.2 Å². The summed E-state index contributed by atoms with van der Waals surface area (Å²) in [5.41, 5.74) is 1.18.